The summed E-state index contributed by atoms with van der Waals surface area (Å²) in [6.45, 7) is 5.34. The molecule has 0 aliphatic rings. The first-order chi connectivity index (χ1) is 9.31. The summed E-state index contributed by atoms with van der Waals surface area (Å²) < 4.78 is 9.85. The lowest BCUT2D eigenvalue weighted by Gasteiger charge is -2.24. The van der Waals surface area contributed by atoms with Crippen LogP contribution < -0.4 is 5.32 Å². The van der Waals surface area contributed by atoms with Crippen LogP contribution in [-0.4, -0.2) is 30.8 Å². The summed E-state index contributed by atoms with van der Waals surface area (Å²) in [5, 5.41) is 2.50. The molecule has 0 spiro atoms. The molecule has 5 heteroatoms. The van der Waals surface area contributed by atoms with Gasteiger partial charge in [0.25, 0.3) is 0 Å². The first-order valence-corrected chi connectivity index (χ1v) is 6.43. The molecule has 1 amide bonds. The van der Waals surface area contributed by atoms with Crippen LogP contribution in [0.3, 0.4) is 0 Å². The number of methoxy groups -OCH3 is 1. The molecule has 1 rings (SSSR count). The minimum Gasteiger partial charge on any atom is -0.458 e. The summed E-state index contributed by atoms with van der Waals surface area (Å²) >= 11 is 0. The third-order valence-corrected chi connectivity index (χ3v) is 2.45. The van der Waals surface area contributed by atoms with Crippen molar-refractivity contribution in [2.75, 3.05) is 7.11 Å². The Labute approximate surface area is 119 Å². The van der Waals surface area contributed by atoms with Crippen molar-refractivity contribution in [2.24, 2.45) is 0 Å². The Balaban J connectivity index is 2.79. The zero-order chi connectivity index (χ0) is 15.2. The number of esters is 1. The molecule has 0 aliphatic heterocycles. The van der Waals surface area contributed by atoms with Crippen LogP contribution in [0, 0.1) is 0 Å². The Kier molecular flexibility index (Phi) is 5.55. The summed E-state index contributed by atoms with van der Waals surface area (Å²) in [4.78, 5) is 23.5. The highest BCUT2D eigenvalue weighted by Gasteiger charge is 2.27. The van der Waals surface area contributed by atoms with Crippen LogP contribution in [0.5, 0.6) is 0 Å². The van der Waals surface area contributed by atoms with E-state index in [1.807, 2.05) is 30.3 Å². The van der Waals surface area contributed by atoms with Crippen LogP contribution >= 0.6 is 0 Å². The molecule has 0 heterocycles. The number of carbonyl (C=O) groups is 2. The van der Waals surface area contributed by atoms with E-state index in [0.717, 1.165) is 5.56 Å². The first-order valence-electron chi connectivity index (χ1n) is 6.43. The van der Waals surface area contributed by atoms with Crippen molar-refractivity contribution in [2.45, 2.75) is 38.8 Å². The maximum Gasteiger partial charge on any atom is 0.407 e. The van der Waals surface area contributed by atoms with Crippen LogP contribution in [0.1, 0.15) is 26.3 Å². The molecule has 0 fully saturated rings. The van der Waals surface area contributed by atoms with Gasteiger partial charge in [0, 0.05) is 6.42 Å². The molecular formula is C15H21NO4. The topological polar surface area (TPSA) is 64.6 Å². The van der Waals surface area contributed by atoms with E-state index in [1.165, 1.54) is 7.11 Å². The second-order valence-electron chi connectivity index (χ2n) is 5.41. The Morgan fingerprint density at radius 1 is 1.20 bits per heavy atom. The van der Waals surface area contributed by atoms with Crippen molar-refractivity contribution >= 4 is 12.1 Å². The SMILES string of the molecule is COC(=O)N[C@@H](Cc1ccccc1)C(=O)OC(C)(C)C. The fraction of sp³-hybridized carbons (Fsp3) is 0.467. The van der Waals surface area contributed by atoms with Crippen molar-refractivity contribution in [1.82, 2.24) is 5.32 Å². The lowest BCUT2D eigenvalue weighted by molar-refractivity contribution is -0.157. The molecule has 0 aromatic heterocycles. The molecule has 0 bridgehead atoms. The maximum absolute atomic E-state index is 12.1. The second kappa shape index (κ2) is 6.93. The number of carbonyl (C=O) groups excluding carboxylic acids is 2. The van der Waals surface area contributed by atoms with Gasteiger partial charge in [-0.1, -0.05) is 30.3 Å². The minimum absolute atomic E-state index is 0.352. The Morgan fingerprint density at radius 3 is 2.30 bits per heavy atom. The molecule has 0 aliphatic carbocycles. The van der Waals surface area contributed by atoms with Gasteiger partial charge in [-0.25, -0.2) is 9.59 Å². The van der Waals surface area contributed by atoms with Crippen molar-refractivity contribution in [1.29, 1.82) is 0 Å². The largest absolute Gasteiger partial charge is 0.458 e. The molecule has 0 saturated heterocycles. The van der Waals surface area contributed by atoms with Crippen LogP contribution in [0.2, 0.25) is 0 Å². The fourth-order valence-electron chi connectivity index (χ4n) is 1.62. The minimum atomic E-state index is -0.774. The number of hydrogen-bond donors (Lipinski definition) is 1. The number of ether oxygens (including phenoxy) is 2. The molecule has 0 radical (unpaired) electrons. The summed E-state index contributed by atoms with van der Waals surface area (Å²) in [5.74, 6) is -0.480. The number of amides is 1. The average molecular weight is 279 g/mol. The van der Waals surface area contributed by atoms with Gasteiger partial charge in [-0.05, 0) is 26.3 Å². The van der Waals surface area contributed by atoms with Gasteiger partial charge in [-0.15, -0.1) is 0 Å². The van der Waals surface area contributed by atoms with Crippen LogP contribution in [0.25, 0.3) is 0 Å². The lowest BCUT2D eigenvalue weighted by Crippen LogP contribution is -2.45. The number of rotatable bonds is 4. The maximum atomic E-state index is 12.1. The molecular weight excluding hydrogens is 258 g/mol. The van der Waals surface area contributed by atoms with Crippen molar-refractivity contribution in [3.05, 3.63) is 35.9 Å². The zero-order valence-electron chi connectivity index (χ0n) is 12.3. The highest BCUT2D eigenvalue weighted by Crippen LogP contribution is 2.11. The van der Waals surface area contributed by atoms with Gasteiger partial charge in [0.1, 0.15) is 11.6 Å². The van der Waals surface area contributed by atoms with Crippen LogP contribution in [0.4, 0.5) is 4.79 Å². The van der Waals surface area contributed by atoms with E-state index >= 15 is 0 Å². The smallest absolute Gasteiger partial charge is 0.407 e. The summed E-state index contributed by atoms with van der Waals surface area (Å²) in [7, 11) is 1.25. The standard InChI is InChI=1S/C15H21NO4/c1-15(2,3)20-13(17)12(16-14(18)19-4)10-11-8-6-5-7-9-11/h5-9,12H,10H2,1-4H3,(H,16,18)/t12-/m0/s1. The van der Waals surface area contributed by atoms with E-state index in [-0.39, 0.29) is 0 Å². The highest BCUT2D eigenvalue weighted by atomic mass is 16.6. The monoisotopic (exact) mass is 279 g/mol. The van der Waals surface area contributed by atoms with E-state index in [0.29, 0.717) is 6.42 Å². The predicted octanol–water partition coefficient (Wildman–Crippen LogP) is 2.30. The second-order valence-corrected chi connectivity index (χ2v) is 5.41. The van der Waals surface area contributed by atoms with E-state index in [1.54, 1.807) is 20.8 Å². The third-order valence-electron chi connectivity index (χ3n) is 2.45. The zero-order valence-corrected chi connectivity index (χ0v) is 12.3. The molecule has 20 heavy (non-hydrogen) atoms. The van der Waals surface area contributed by atoms with Gasteiger partial charge >= 0.3 is 12.1 Å². The molecule has 0 unspecified atom stereocenters. The summed E-state index contributed by atoms with van der Waals surface area (Å²) in [5.41, 5.74) is 0.323. The lowest BCUT2D eigenvalue weighted by atomic mass is 10.1. The molecule has 1 aromatic rings. The molecule has 1 N–H and O–H groups in total. The summed E-state index contributed by atoms with van der Waals surface area (Å²) in [6.07, 6.45) is -0.304. The highest BCUT2D eigenvalue weighted by molar-refractivity contribution is 5.81. The summed E-state index contributed by atoms with van der Waals surface area (Å²) in [6, 6.07) is 8.63. The number of nitrogens with one attached hydrogen (secondary N) is 1. The Morgan fingerprint density at radius 2 is 1.80 bits per heavy atom. The molecule has 0 saturated carbocycles. The molecule has 1 atom stereocenters. The van der Waals surface area contributed by atoms with Gasteiger partial charge in [-0.2, -0.15) is 0 Å². The van der Waals surface area contributed by atoms with Crippen LogP contribution in [-0.2, 0) is 20.7 Å². The van der Waals surface area contributed by atoms with Crippen molar-refractivity contribution < 1.29 is 19.1 Å². The normalized spacial score (nSPS) is 12.4. The van der Waals surface area contributed by atoms with Gasteiger partial charge in [0.2, 0.25) is 0 Å². The number of benzene rings is 1. The predicted molar refractivity (Wildman–Crippen MR) is 75.3 cm³/mol. The first kappa shape index (κ1) is 16.0. The van der Waals surface area contributed by atoms with Crippen molar-refractivity contribution in [3.63, 3.8) is 0 Å². The molecule has 1 aromatic carbocycles. The van der Waals surface area contributed by atoms with E-state index < -0.39 is 23.7 Å². The van der Waals surface area contributed by atoms with Gasteiger partial charge in [0.15, 0.2) is 0 Å². The van der Waals surface area contributed by atoms with E-state index in [2.05, 4.69) is 10.1 Å². The molecule has 5 nitrogen and oxygen atoms in total. The van der Waals surface area contributed by atoms with Gasteiger partial charge in [0.05, 0.1) is 7.11 Å². The van der Waals surface area contributed by atoms with Crippen LogP contribution in [0.15, 0.2) is 30.3 Å². The molecule has 110 valence electrons. The quantitative estimate of drug-likeness (QED) is 0.859. The fourth-order valence-corrected chi connectivity index (χ4v) is 1.62. The number of alkyl carbamates (subject to hydrolysis) is 1. The average Bonchev–Trinajstić information content (AvgIpc) is 2.37. The third kappa shape index (κ3) is 5.73. The number of hydrogen-bond acceptors (Lipinski definition) is 4. The Hall–Kier alpha value is -2.04. The van der Waals surface area contributed by atoms with E-state index in [9.17, 15) is 9.59 Å². The van der Waals surface area contributed by atoms with Gasteiger partial charge in [-0.3, -0.25) is 0 Å². The van der Waals surface area contributed by atoms with E-state index in [4.69, 9.17) is 4.74 Å². The van der Waals surface area contributed by atoms with Crippen molar-refractivity contribution in [3.8, 4) is 0 Å². The Bertz CT molecular complexity index is 451. The van der Waals surface area contributed by atoms with Gasteiger partial charge < -0.3 is 14.8 Å².